The van der Waals surface area contributed by atoms with E-state index in [1.54, 1.807) is 6.92 Å². The number of anilines is 1. The minimum absolute atomic E-state index is 0.0916. The number of halogens is 3. The highest BCUT2D eigenvalue weighted by atomic mass is 32.1. The van der Waals surface area contributed by atoms with Gasteiger partial charge in [-0.2, -0.15) is 13.2 Å². The average Bonchev–Trinajstić information content (AvgIpc) is 2.70. The van der Waals surface area contributed by atoms with Gasteiger partial charge >= 0.3 is 18.1 Å². The number of hydrogen-bond donors (Lipinski definition) is 1. The highest BCUT2D eigenvalue weighted by molar-refractivity contribution is 7.17. The van der Waals surface area contributed by atoms with Crippen molar-refractivity contribution in [1.82, 2.24) is 4.98 Å². The predicted octanol–water partition coefficient (Wildman–Crippen LogP) is 2.85. The number of aryl methyl sites for hydroxylation is 1. The molecule has 0 aliphatic heterocycles. The number of unbranched alkanes of at least 4 members (excludes halogenated alkanes) is 1. The number of thiazole rings is 1. The maximum atomic E-state index is 12.5. The van der Waals surface area contributed by atoms with Gasteiger partial charge in [0.15, 0.2) is 5.13 Å². The molecule has 1 heterocycles. The maximum Gasteiger partial charge on any atom is 0.471 e. The number of aromatic carboxylic acids is 1. The summed E-state index contributed by atoms with van der Waals surface area (Å²) in [5, 5.41) is 8.64. The van der Waals surface area contributed by atoms with Crippen LogP contribution in [-0.4, -0.2) is 34.7 Å². The highest BCUT2D eigenvalue weighted by Gasteiger charge is 2.43. The van der Waals surface area contributed by atoms with Crippen LogP contribution in [0.3, 0.4) is 0 Å². The molecule has 1 rings (SSSR count). The third-order valence-electron chi connectivity index (χ3n) is 2.43. The number of nitrogens with zero attached hydrogens (tertiary/aromatic N) is 2. The molecule has 0 saturated carbocycles. The van der Waals surface area contributed by atoms with Gasteiger partial charge in [-0.3, -0.25) is 9.69 Å². The number of carbonyl (C=O) groups is 2. The summed E-state index contributed by atoms with van der Waals surface area (Å²) in [6.07, 6.45) is -4.06. The Labute approximate surface area is 117 Å². The molecule has 1 aromatic heterocycles. The van der Waals surface area contributed by atoms with E-state index in [2.05, 4.69) is 4.98 Å². The van der Waals surface area contributed by atoms with Crippen LogP contribution in [0.4, 0.5) is 18.3 Å². The van der Waals surface area contributed by atoms with Gasteiger partial charge in [0.1, 0.15) is 4.88 Å². The minimum atomic E-state index is -5.02. The van der Waals surface area contributed by atoms with Crippen LogP contribution in [0, 0.1) is 6.92 Å². The Bertz CT molecular complexity index is 514. The summed E-state index contributed by atoms with van der Waals surface area (Å²) in [5.41, 5.74) is 0.0916. The molecule has 0 bridgehead atoms. The molecule has 0 saturated heterocycles. The Morgan fingerprint density at radius 1 is 1.40 bits per heavy atom. The summed E-state index contributed by atoms with van der Waals surface area (Å²) in [4.78, 5) is 26.4. The molecule has 0 unspecified atom stereocenters. The van der Waals surface area contributed by atoms with Gasteiger partial charge in [0.05, 0.1) is 5.69 Å². The normalized spacial score (nSPS) is 11.4. The second-order valence-electron chi connectivity index (χ2n) is 4.02. The van der Waals surface area contributed by atoms with Crippen LogP contribution in [0.25, 0.3) is 0 Å². The van der Waals surface area contributed by atoms with Gasteiger partial charge in [-0.25, -0.2) is 9.78 Å². The fourth-order valence-electron chi connectivity index (χ4n) is 1.45. The number of rotatable bonds is 5. The molecule has 0 aliphatic carbocycles. The molecule has 0 spiro atoms. The topological polar surface area (TPSA) is 70.5 Å². The summed E-state index contributed by atoms with van der Waals surface area (Å²) in [7, 11) is 0. The van der Waals surface area contributed by atoms with Gasteiger partial charge in [-0.1, -0.05) is 24.7 Å². The molecule has 0 aliphatic rings. The summed E-state index contributed by atoms with van der Waals surface area (Å²) >= 11 is 0.565. The van der Waals surface area contributed by atoms with Crippen molar-refractivity contribution in [1.29, 1.82) is 0 Å². The first kappa shape index (κ1) is 16.4. The van der Waals surface area contributed by atoms with Crippen LogP contribution in [-0.2, 0) is 4.79 Å². The smallest absolute Gasteiger partial charge is 0.471 e. The van der Waals surface area contributed by atoms with E-state index in [9.17, 15) is 22.8 Å². The van der Waals surface area contributed by atoms with Crippen molar-refractivity contribution >= 4 is 28.3 Å². The largest absolute Gasteiger partial charge is 0.477 e. The Kier molecular flexibility index (Phi) is 5.09. The van der Waals surface area contributed by atoms with Crippen molar-refractivity contribution in [2.45, 2.75) is 32.9 Å². The standard InChI is InChI=1S/C11H13F3N2O3S/c1-3-4-5-16(9(19)11(12,13)14)10-15-6(2)7(20-10)8(17)18/h3-5H2,1-2H3,(H,17,18). The van der Waals surface area contributed by atoms with E-state index in [0.717, 1.165) is 0 Å². The number of aromatic nitrogens is 1. The van der Waals surface area contributed by atoms with Crippen LogP contribution >= 0.6 is 11.3 Å². The van der Waals surface area contributed by atoms with Crippen molar-refractivity contribution in [2.75, 3.05) is 11.4 Å². The summed E-state index contributed by atoms with van der Waals surface area (Å²) in [6.45, 7) is 2.99. The van der Waals surface area contributed by atoms with E-state index >= 15 is 0 Å². The monoisotopic (exact) mass is 310 g/mol. The third-order valence-corrected chi connectivity index (χ3v) is 3.60. The number of alkyl halides is 3. The van der Waals surface area contributed by atoms with Crippen LogP contribution < -0.4 is 4.90 Å². The molecular formula is C11H13F3N2O3S. The average molecular weight is 310 g/mol. The second-order valence-corrected chi connectivity index (χ2v) is 5.00. The minimum Gasteiger partial charge on any atom is -0.477 e. The quantitative estimate of drug-likeness (QED) is 0.908. The summed E-state index contributed by atoms with van der Waals surface area (Å²) < 4.78 is 37.6. The van der Waals surface area contributed by atoms with E-state index in [-0.39, 0.29) is 22.2 Å². The van der Waals surface area contributed by atoms with Gasteiger partial charge < -0.3 is 5.11 Å². The molecule has 1 N–H and O–H groups in total. The fraction of sp³-hybridized carbons (Fsp3) is 0.545. The maximum absolute atomic E-state index is 12.5. The molecule has 5 nitrogen and oxygen atoms in total. The van der Waals surface area contributed by atoms with Gasteiger partial charge in [0, 0.05) is 6.54 Å². The molecule has 112 valence electrons. The first-order chi connectivity index (χ1) is 9.18. The molecule has 20 heavy (non-hydrogen) atoms. The predicted molar refractivity (Wildman–Crippen MR) is 67.1 cm³/mol. The highest BCUT2D eigenvalue weighted by Crippen LogP contribution is 2.30. The van der Waals surface area contributed by atoms with Gasteiger partial charge in [0.25, 0.3) is 0 Å². The fourth-order valence-corrected chi connectivity index (χ4v) is 2.38. The summed E-state index contributed by atoms with van der Waals surface area (Å²) in [6, 6.07) is 0. The number of carbonyl (C=O) groups excluding carboxylic acids is 1. The van der Waals surface area contributed by atoms with Crippen molar-refractivity contribution in [2.24, 2.45) is 0 Å². The zero-order valence-corrected chi connectivity index (χ0v) is 11.6. The first-order valence-corrected chi connectivity index (χ1v) is 6.59. The van der Waals surface area contributed by atoms with Crippen molar-refractivity contribution in [3.05, 3.63) is 10.6 Å². The van der Waals surface area contributed by atoms with E-state index < -0.39 is 18.1 Å². The summed E-state index contributed by atoms with van der Waals surface area (Å²) in [5.74, 6) is -3.31. The van der Waals surface area contributed by atoms with Crippen molar-refractivity contribution < 1.29 is 27.9 Å². The Morgan fingerprint density at radius 3 is 2.40 bits per heavy atom. The molecule has 1 amide bonds. The van der Waals surface area contributed by atoms with Gasteiger partial charge in [-0.05, 0) is 13.3 Å². The van der Waals surface area contributed by atoms with E-state index in [0.29, 0.717) is 29.1 Å². The van der Waals surface area contributed by atoms with Crippen LogP contribution in [0.2, 0.25) is 0 Å². The zero-order valence-electron chi connectivity index (χ0n) is 10.8. The van der Waals surface area contributed by atoms with Gasteiger partial charge in [0.2, 0.25) is 0 Å². The molecule has 0 atom stereocenters. The molecule has 0 aromatic carbocycles. The SMILES string of the molecule is CCCCN(C(=O)C(F)(F)F)c1nc(C)c(C(=O)O)s1. The third kappa shape index (κ3) is 3.69. The Hall–Kier alpha value is -1.64. The lowest BCUT2D eigenvalue weighted by atomic mass is 10.3. The second kappa shape index (κ2) is 6.21. The molecule has 1 aromatic rings. The molecule has 0 radical (unpaired) electrons. The number of carboxylic acids is 1. The van der Waals surface area contributed by atoms with E-state index in [1.165, 1.54) is 6.92 Å². The van der Waals surface area contributed by atoms with Crippen molar-refractivity contribution in [3.63, 3.8) is 0 Å². The molecule has 0 fully saturated rings. The Balaban J connectivity index is 3.14. The number of hydrogen-bond acceptors (Lipinski definition) is 4. The van der Waals surface area contributed by atoms with E-state index in [1.807, 2.05) is 0 Å². The number of carboxylic acid groups (broad SMARTS) is 1. The zero-order chi connectivity index (χ0) is 15.5. The van der Waals surface area contributed by atoms with Crippen LogP contribution in [0.1, 0.15) is 35.1 Å². The number of amides is 1. The Morgan fingerprint density at radius 2 is 2.00 bits per heavy atom. The van der Waals surface area contributed by atoms with Crippen LogP contribution in [0.15, 0.2) is 0 Å². The van der Waals surface area contributed by atoms with Crippen molar-refractivity contribution in [3.8, 4) is 0 Å². The van der Waals surface area contributed by atoms with Crippen LogP contribution in [0.5, 0.6) is 0 Å². The lowest BCUT2D eigenvalue weighted by Gasteiger charge is -2.20. The lowest BCUT2D eigenvalue weighted by molar-refractivity contribution is -0.170. The van der Waals surface area contributed by atoms with Gasteiger partial charge in [-0.15, -0.1) is 0 Å². The molecule has 9 heteroatoms. The van der Waals surface area contributed by atoms with E-state index in [4.69, 9.17) is 5.11 Å². The lowest BCUT2D eigenvalue weighted by Crippen LogP contribution is -2.41. The molecular weight excluding hydrogens is 297 g/mol. The first-order valence-electron chi connectivity index (χ1n) is 5.77.